The third kappa shape index (κ3) is 5.35. The summed E-state index contributed by atoms with van der Waals surface area (Å²) in [5.41, 5.74) is -0.533. The number of ether oxygens (including phenoxy) is 1. The van der Waals surface area contributed by atoms with Gasteiger partial charge in [0.1, 0.15) is 5.54 Å². The Morgan fingerprint density at radius 1 is 1.47 bits per heavy atom. The van der Waals surface area contributed by atoms with E-state index in [-0.39, 0.29) is 5.97 Å². The first-order chi connectivity index (χ1) is 9.01. The lowest BCUT2D eigenvalue weighted by molar-refractivity contribution is -0.148. The number of thioether (sulfide) groups is 1. The van der Waals surface area contributed by atoms with Crippen LogP contribution < -0.4 is 5.32 Å². The standard InChI is InChI=1S/C15H29NO2S/c1-12-7-5-8-13(11-12)19-10-6-9-15(2,16-3)14(17)18-4/h12-13,16H,5-11H2,1-4H3. The Balaban J connectivity index is 2.23. The molecule has 3 unspecified atom stereocenters. The number of carbonyl (C=O) groups is 1. The van der Waals surface area contributed by atoms with Gasteiger partial charge in [0, 0.05) is 5.25 Å². The van der Waals surface area contributed by atoms with Gasteiger partial charge in [0.15, 0.2) is 0 Å². The fraction of sp³-hybridized carbons (Fsp3) is 0.933. The highest BCUT2D eigenvalue weighted by molar-refractivity contribution is 7.99. The minimum absolute atomic E-state index is 0.161. The Morgan fingerprint density at radius 2 is 2.21 bits per heavy atom. The Kier molecular flexibility index (Phi) is 7.22. The summed E-state index contributed by atoms with van der Waals surface area (Å²) in [6.45, 7) is 4.29. The van der Waals surface area contributed by atoms with Crippen LogP contribution in [0.15, 0.2) is 0 Å². The summed E-state index contributed by atoms with van der Waals surface area (Å²) < 4.78 is 4.86. The predicted molar refractivity (Wildman–Crippen MR) is 82.6 cm³/mol. The van der Waals surface area contributed by atoms with Gasteiger partial charge in [-0.2, -0.15) is 11.8 Å². The molecule has 0 radical (unpaired) electrons. The minimum Gasteiger partial charge on any atom is -0.468 e. The van der Waals surface area contributed by atoms with E-state index in [0.717, 1.165) is 29.8 Å². The summed E-state index contributed by atoms with van der Waals surface area (Å²) in [6.07, 6.45) is 7.42. The number of hydrogen-bond acceptors (Lipinski definition) is 4. The van der Waals surface area contributed by atoms with E-state index in [1.807, 2.05) is 14.0 Å². The quantitative estimate of drug-likeness (QED) is 0.576. The zero-order valence-corrected chi connectivity index (χ0v) is 13.6. The first kappa shape index (κ1) is 16.8. The van der Waals surface area contributed by atoms with E-state index >= 15 is 0 Å². The van der Waals surface area contributed by atoms with Crippen molar-refractivity contribution in [1.82, 2.24) is 5.32 Å². The van der Waals surface area contributed by atoms with Crippen molar-refractivity contribution < 1.29 is 9.53 Å². The predicted octanol–water partition coefficient (Wildman–Crippen LogP) is 3.23. The molecule has 0 aromatic heterocycles. The van der Waals surface area contributed by atoms with Gasteiger partial charge in [0.05, 0.1) is 7.11 Å². The van der Waals surface area contributed by atoms with Crippen LogP contribution in [0, 0.1) is 5.92 Å². The van der Waals surface area contributed by atoms with Crippen LogP contribution in [-0.4, -0.2) is 36.7 Å². The Hall–Kier alpha value is -0.220. The van der Waals surface area contributed by atoms with Gasteiger partial charge in [0.25, 0.3) is 0 Å². The number of esters is 1. The van der Waals surface area contributed by atoms with Gasteiger partial charge in [-0.3, -0.25) is 4.79 Å². The van der Waals surface area contributed by atoms with E-state index in [2.05, 4.69) is 24.0 Å². The summed E-state index contributed by atoms with van der Waals surface area (Å²) >= 11 is 2.09. The lowest BCUT2D eigenvalue weighted by Crippen LogP contribution is -2.48. The Bertz CT molecular complexity index is 285. The molecule has 0 bridgehead atoms. The zero-order chi connectivity index (χ0) is 14.3. The highest BCUT2D eigenvalue weighted by Gasteiger charge is 2.31. The zero-order valence-electron chi connectivity index (χ0n) is 12.8. The van der Waals surface area contributed by atoms with E-state index in [1.165, 1.54) is 32.8 Å². The highest BCUT2D eigenvalue weighted by Crippen LogP contribution is 2.32. The van der Waals surface area contributed by atoms with Crippen LogP contribution >= 0.6 is 11.8 Å². The molecule has 0 spiro atoms. The second-order valence-electron chi connectivity index (χ2n) is 5.94. The largest absolute Gasteiger partial charge is 0.468 e. The number of methoxy groups -OCH3 is 1. The molecule has 0 saturated heterocycles. The van der Waals surface area contributed by atoms with E-state index in [9.17, 15) is 4.79 Å². The molecule has 1 rings (SSSR count). The molecule has 0 aromatic carbocycles. The molecule has 1 aliphatic carbocycles. The number of likely N-dealkylation sites (N-methyl/N-ethyl adjacent to an activating group) is 1. The maximum absolute atomic E-state index is 11.7. The van der Waals surface area contributed by atoms with Crippen molar-refractivity contribution in [3.05, 3.63) is 0 Å². The average Bonchev–Trinajstić information content (AvgIpc) is 2.42. The van der Waals surface area contributed by atoms with Crippen LogP contribution in [0.25, 0.3) is 0 Å². The monoisotopic (exact) mass is 287 g/mol. The lowest BCUT2D eigenvalue weighted by atomic mass is 9.91. The summed E-state index contributed by atoms with van der Waals surface area (Å²) in [4.78, 5) is 11.7. The fourth-order valence-corrected chi connectivity index (χ4v) is 4.20. The van der Waals surface area contributed by atoms with Gasteiger partial charge in [-0.05, 0) is 51.3 Å². The van der Waals surface area contributed by atoms with Gasteiger partial charge in [-0.15, -0.1) is 0 Å². The summed E-state index contributed by atoms with van der Waals surface area (Å²) in [6, 6.07) is 0. The fourth-order valence-electron chi connectivity index (χ4n) is 2.76. The van der Waals surface area contributed by atoms with Crippen LogP contribution in [0.1, 0.15) is 52.4 Å². The maximum Gasteiger partial charge on any atom is 0.325 e. The topological polar surface area (TPSA) is 38.3 Å². The van der Waals surface area contributed by atoms with Crippen molar-refractivity contribution in [3.8, 4) is 0 Å². The smallest absolute Gasteiger partial charge is 0.325 e. The lowest BCUT2D eigenvalue weighted by Gasteiger charge is -2.28. The molecule has 0 amide bonds. The van der Waals surface area contributed by atoms with Crippen LogP contribution in [0.3, 0.4) is 0 Å². The Morgan fingerprint density at radius 3 is 2.79 bits per heavy atom. The SMILES string of the molecule is CNC(C)(CCCSC1CCCC(C)C1)C(=O)OC. The van der Waals surface area contributed by atoms with E-state index < -0.39 is 5.54 Å². The van der Waals surface area contributed by atoms with Crippen LogP contribution in [-0.2, 0) is 9.53 Å². The minimum atomic E-state index is -0.533. The molecule has 3 atom stereocenters. The average molecular weight is 287 g/mol. The third-order valence-corrected chi connectivity index (χ3v) is 5.67. The molecule has 112 valence electrons. The number of hydrogen-bond donors (Lipinski definition) is 1. The van der Waals surface area contributed by atoms with Crippen LogP contribution in [0.5, 0.6) is 0 Å². The molecule has 4 heteroatoms. The molecule has 19 heavy (non-hydrogen) atoms. The van der Waals surface area contributed by atoms with E-state index in [1.54, 1.807) is 0 Å². The second-order valence-corrected chi connectivity index (χ2v) is 7.35. The molecule has 0 heterocycles. The van der Waals surface area contributed by atoms with Crippen LogP contribution in [0.2, 0.25) is 0 Å². The van der Waals surface area contributed by atoms with Crippen molar-refractivity contribution in [2.24, 2.45) is 5.92 Å². The van der Waals surface area contributed by atoms with Gasteiger partial charge in [0.2, 0.25) is 0 Å². The van der Waals surface area contributed by atoms with Gasteiger partial charge >= 0.3 is 5.97 Å². The molecule has 1 saturated carbocycles. The van der Waals surface area contributed by atoms with E-state index in [0.29, 0.717) is 0 Å². The molecule has 0 aliphatic heterocycles. The van der Waals surface area contributed by atoms with Crippen molar-refractivity contribution in [2.45, 2.75) is 63.2 Å². The Labute approximate surface area is 122 Å². The first-order valence-electron chi connectivity index (χ1n) is 7.40. The van der Waals surface area contributed by atoms with Gasteiger partial charge in [-0.25, -0.2) is 0 Å². The van der Waals surface area contributed by atoms with E-state index in [4.69, 9.17) is 4.74 Å². The van der Waals surface area contributed by atoms with Gasteiger partial charge < -0.3 is 10.1 Å². The van der Waals surface area contributed by atoms with Crippen molar-refractivity contribution in [1.29, 1.82) is 0 Å². The molecule has 3 nitrogen and oxygen atoms in total. The normalized spacial score (nSPS) is 26.7. The summed E-state index contributed by atoms with van der Waals surface area (Å²) in [5.74, 6) is 1.88. The highest BCUT2D eigenvalue weighted by atomic mass is 32.2. The number of rotatable bonds is 7. The molecule has 0 aromatic rings. The van der Waals surface area contributed by atoms with Crippen LogP contribution in [0.4, 0.5) is 0 Å². The van der Waals surface area contributed by atoms with Gasteiger partial charge in [-0.1, -0.05) is 19.8 Å². The number of carbonyl (C=O) groups excluding carboxylic acids is 1. The first-order valence-corrected chi connectivity index (χ1v) is 8.45. The molecular weight excluding hydrogens is 258 g/mol. The summed E-state index contributed by atoms with van der Waals surface area (Å²) in [5, 5.41) is 3.93. The molecule has 1 aliphatic rings. The maximum atomic E-state index is 11.7. The molecule has 1 N–H and O–H groups in total. The third-order valence-electron chi connectivity index (χ3n) is 4.25. The van der Waals surface area contributed by atoms with Crippen molar-refractivity contribution in [2.75, 3.05) is 19.9 Å². The second kappa shape index (κ2) is 8.15. The van der Waals surface area contributed by atoms with Crippen molar-refractivity contribution >= 4 is 17.7 Å². The summed E-state index contributed by atoms with van der Waals surface area (Å²) in [7, 11) is 3.28. The number of nitrogens with one attached hydrogen (secondary N) is 1. The molecular formula is C15H29NO2S. The van der Waals surface area contributed by atoms with Crippen molar-refractivity contribution in [3.63, 3.8) is 0 Å². The molecule has 1 fully saturated rings.